The smallest absolute Gasteiger partial charge is 0.257 e. The molecular weight excluding hydrogens is 275 g/mol. The van der Waals surface area contributed by atoms with Crippen LogP contribution in [0.4, 0.5) is 13.2 Å². The second-order valence-electron chi connectivity index (χ2n) is 3.87. The molecule has 0 bridgehead atoms. The van der Waals surface area contributed by atoms with Crippen molar-refractivity contribution in [2.75, 3.05) is 0 Å². The summed E-state index contributed by atoms with van der Waals surface area (Å²) in [5.74, 6) is -6.17. The molecule has 1 rings (SSSR count). The number of hydrogen-bond donors (Lipinski definition) is 2. The van der Waals surface area contributed by atoms with Gasteiger partial charge in [-0.1, -0.05) is 0 Å². The van der Waals surface area contributed by atoms with Crippen LogP contribution < -0.4 is 11.1 Å². The molecular formula is C12H10F3N3O2. The maximum absolute atomic E-state index is 13.4. The molecule has 0 saturated heterocycles. The van der Waals surface area contributed by atoms with Gasteiger partial charge in [0.25, 0.3) is 5.91 Å². The fraction of sp³-hybridized carbons (Fsp3) is 0.250. The molecule has 0 aliphatic rings. The summed E-state index contributed by atoms with van der Waals surface area (Å²) >= 11 is 0. The van der Waals surface area contributed by atoms with Gasteiger partial charge in [-0.3, -0.25) is 9.59 Å². The van der Waals surface area contributed by atoms with E-state index in [0.717, 1.165) is 0 Å². The lowest BCUT2D eigenvalue weighted by atomic mass is 10.1. The Bertz CT molecular complexity index is 561. The van der Waals surface area contributed by atoms with Crippen LogP contribution in [-0.2, 0) is 4.79 Å². The molecule has 0 fully saturated rings. The first-order valence-corrected chi connectivity index (χ1v) is 5.48. The summed E-state index contributed by atoms with van der Waals surface area (Å²) < 4.78 is 39.4. The number of nitrogens with zero attached hydrogens (tertiary/aromatic N) is 1. The van der Waals surface area contributed by atoms with Gasteiger partial charge in [0.1, 0.15) is 29.1 Å². The van der Waals surface area contributed by atoms with Gasteiger partial charge in [0.05, 0.1) is 6.07 Å². The van der Waals surface area contributed by atoms with Gasteiger partial charge in [0.2, 0.25) is 5.91 Å². The average Bonchev–Trinajstić information content (AvgIpc) is 2.32. The van der Waals surface area contributed by atoms with Crippen LogP contribution in [0.25, 0.3) is 0 Å². The Morgan fingerprint density at radius 1 is 1.30 bits per heavy atom. The highest BCUT2D eigenvalue weighted by molar-refractivity contribution is 5.97. The highest BCUT2D eigenvalue weighted by Crippen LogP contribution is 2.15. The summed E-state index contributed by atoms with van der Waals surface area (Å²) in [6.45, 7) is 0. The molecule has 0 radical (unpaired) electrons. The molecule has 0 spiro atoms. The van der Waals surface area contributed by atoms with E-state index in [0.29, 0.717) is 12.1 Å². The maximum atomic E-state index is 13.4. The third-order valence-electron chi connectivity index (χ3n) is 2.43. The standard InChI is InChI=1S/C12H10F3N3O2/c13-6-4-7(14)10(8(15)5-6)12(20)18-9(11(17)19)2-1-3-16/h4-5,9H,1-2H2,(H2,17,19)(H,18,20)/t9-/m0/s1. The Balaban J connectivity index is 2.95. The minimum atomic E-state index is -1.40. The van der Waals surface area contributed by atoms with Gasteiger partial charge in [-0.15, -0.1) is 0 Å². The molecule has 0 unspecified atom stereocenters. The van der Waals surface area contributed by atoms with Gasteiger partial charge < -0.3 is 11.1 Å². The van der Waals surface area contributed by atoms with Crippen molar-refractivity contribution in [2.24, 2.45) is 5.73 Å². The van der Waals surface area contributed by atoms with Crippen LogP contribution in [-0.4, -0.2) is 17.9 Å². The molecule has 0 heterocycles. The van der Waals surface area contributed by atoms with E-state index in [1.807, 2.05) is 5.32 Å². The van der Waals surface area contributed by atoms with Crippen molar-refractivity contribution in [3.63, 3.8) is 0 Å². The molecule has 1 aromatic carbocycles. The predicted octanol–water partition coefficient (Wildman–Crippen LogP) is 0.991. The number of nitrogens with one attached hydrogen (secondary N) is 1. The number of nitriles is 1. The third-order valence-corrected chi connectivity index (χ3v) is 2.43. The number of rotatable bonds is 5. The number of primary amides is 1. The van der Waals surface area contributed by atoms with Gasteiger partial charge in [0, 0.05) is 18.6 Å². The second-order valence-corrected chi connectivity index (χ2v) is 3.87. The zero-order valence-electron chi connectivity index (χ0n) is 10.1. The van der Waals surface area contributed by atoms with E-state index in [4.69, 9.17) is 11.0 Å². The molecule has 5 nitrogen and oxygen atoms in total. The lowest BCUT2D eigenvalue weighted by Gasteiger charge is -2.14. The molecule has 1 atom stereocenters. The summed E-state index contributed by atoms with van der Waals surface area (Å²) in [6, 6.07) is 1.17. The molecule has 1 aromatic rings. The number of amides is 2. The van der Waals surface area contributed by atoms with E-state index in [2.05, 4.69) is 0 Å². The topological polar surface area (TPSA) is 96.0 Å². The molecule has 0 saturated carbocycles. The Labute approximate surface area is 112 Å². The lowest BCUT2D eigenvalue weighted by Crippen LogP contribution is -2.44. The van der Waals surface area contributed by atoms with Crippen molar-refractivity contribution in [3.05, 3.63) is 35.1 Å². The van der Waals surface area contributed by atoms with Crippen LogP contribution in [0.15, 0.2) is 12.1 Å². The monoisotopic (exact) mass is 285 g/mol. The van der Waals surface area contributed by atoms with Crippen molar-refractivity contribution in [3.8, 4) is 6.07 Å². The van der Waals surface area contributed by atoms with E-state index >= 15 is 0 Å². The SMILES string of the molecule is N#CCC[C@H](NC(=O)c1c(F)cc(F)cc1F)C(N)=O. The summed E-state index contributed by atoms with van der Waals surface area (Å²) in [7, 11) is 0. The third kappa shape index (κ3) is 3.71. The Kier molecular flexibility index (Phi) is 5.08. The highest BCUT2D eigenvalue weighted by Gasteiger charge is 2.24. The van der Waals surface area contributed by atoms with Crippen molar-refractivity contribution >= 4 is 11.8 Å². The Hall–Kier alpha value is -2.56. The van der Waals surface area contributed by atoms with E-state index in [-0.39, 0.29) is 12.8 Å². The summed E-state index contributed by atoms with van der Waals surface area (Å²) in [4.78, 5) is 22.7. The first-order chi connectivity index (χ1) is 9.36. The molecule has 8 heteroatoms. The Morgan fingerprint density at radius 2 is 1.85 bits per heavy atom. The average molecular weight is 285 g/mol. The zero-order valence-corrected chi connectivity index (χ0v) is 10.1. The van der Waals surface area contributed by atoms with E-state index in [1.54, 1.807) is 6.07 Å². The molecule has 106 valence electrons. The number of carbonyl (C=O) groups excluding carboxylic acids is 2. The van der Waals surface area contributed by atoms with Crippen molar-refractivity contribution in [1.82, 2.24) is 5.32 Å². The normalized spacial score (nSPS) is 11.5. The fourth-order valence-corrected chi connectivity index (χ4v) is 1.48. The molecule has 3 N–H and O–H groups in total. The van der Waals surface area contributed by atoms with Crippen molar-refractivity contribution in [1.29, 1.82) is 5.26 Å². The predicted molar refractivity (Wildman–Crippen MR) is 61.6 cm³/mol. The summed E-state index contributed by atoms with van der Waals surface area (Å²) in [5, 5.41) is 10.4. The number of hydrogen-bond acceptors (Lipinski definition) is 3. The number of nitrogens with two attached hydrogens (primary N) is 1. The zero-order chi connectivity index (χ0) is 15.3. The van der Waals surface area contributed by atoms with E-state index in [9.17, 15) is 22.8 Å². The van der Waals surface area contributed by atoms with E-state index < -0.39 is 40.9 Å². The quantitative estimate of drug-likeness (QED) is 0.844. The number of halogens is 3. The van der Waals surface area contributed by atoms with Crippen LogP contribution in [0.2, 0.25) is 0 Å². The van der Waals surface area contributed by atoms with Crippen LogP contribution >= 0.6 is 0 Å². The molecule has 0 aliphatic carbocycles. The summed E-state index contributed by atoms with van der Waals surface area (Å²) in [5.41, 5.74) is 3.97. The van der Waals surface area contributed by atoms with Crippen LogP contribution in [0, 0.1) is 28.8 Å². The van der Waals surface area contributed by atoms with Crippen LogP contribution in [0.1, 0.15) is 23.2 Å². The summed E-state index contributed by atoms with van der Waals surface area (Å²) in [6.07, 6.45) is -0.176. The van der Waals surface area contributed by atoms with Gasteiger partial charge >= 0.3 is 0 Å². The van der Waals surface area contributed by atoms with Gasteiger partial charge in [-0.05, 0) is 6.42 Å². The molecule has 20 heavy (non-hydrogen) atoms. The Morgan fingerprint density at radius 3 is 2.30 bits per heavy atom. The largest absolute Gasteiger partial charge is 0.368 e. The van der Waals surface area contributed by atoms with Gasteiger partial charge in [-0.25, -0.2) is 13.2 Å². The first-order valence-electron chi connectivity index (χ1n) is 5.48. The van der Waals surface area contributed by atoms with Gasteiger partial charge in [0.15, 0.2) is 0 Å². The van der Waals surface area contributed by atoms with Crippen molar-refractivity contribution in [2.45, 2.75) is 18.9 Å². The highest BCUT2D eigenvalue weighted by atomic mass is 19.1. The number of benzene rings is 1. The minimum absolute atomic E-state index is 0.0811. The minimum Gasteiger partial charge on any atom is -0.368 e. The second kappa shape index (κ2) is 6.56. The van der Waals surface area contributed by atoms with Crippen LogP contribution in [0.3, 0.4) is 0 Å². The maximum Gasteiger partial charge on any atom is 0.257 e. The number of carbonyl (C=O) groups is 2. The molecule has 0 aliphatic heterocycles. The van der Waals surface area contributed by atoms with Crippen molar-refractivity contribution < 1.29 is 22.8 Å². The first kappa shape index (κ1) is 15.5. The van der Waals surface area contributed by atoms with E-state index in [1.165, 1.54) is 0 Å². The molecule has 2 amide bonds. The fourth-order valence-electron chi connectivity index (χ4n) is 1.48. The van der Waals surface area contributed by atoms with Gasteiger partial charge in [-0.2, -0.15) is 5.26 Å². The lowest BCUT2D eigenvalue weighted by molar-refractivity contribution is -0.119. The van der Waals surface area contributed by atoms with Crippen LogP contribution in [0.5, 0.6) is 0 Å². The molecule has 0 aromatic heterocycles.